The molecule has 1 fully saturated rings. The van der Waals surface area contributed by atoms with Gasteiger partial charge >= 0.3 is 5.97 Å². The minimum absolute atomic E-state index is 0.135. The van der Waals surface area contributed by atoms with E-state index in [0.717, 1.165) is 0 Å². The van der Waals surface area contributed by atoms with Gasteiger partial charge in [0.05, 0.1) is 11.7 Å². The van der Waals surface area contributed by atoms with Gasteiger partial charge in [0.1, 0.15) is 0 Å². The molecule has 5 nitrogen and oxygen atoms in total. The highest BCUT2D eigenvalue weighted by Gasteiger charge is 2.28. The molecule has 0 amide bonds. The van der Waals surface area contributed by atoms with Crippen molar-refractivity contribution in [2.75, 3.05) is 31.1 Å². The predicted octanol–water partition coefficient (Wildman–Crippen LogP) is -0.172. The third kappa shape index (κ3) is 3.79. The van der Waals surface area contributed by atoms with Crippen LogP contribution in [0.1, 0.15) is 13.3 Å². The van der Waals surface area contributed by atoms with Gasteiger partial charge in [-0.15, -0.1) is 0 Å². The van der Waals surface area contributed by atoms with Crippen LogP contribution in [0.4, 0.5) is 0 Å². The van der Waals surface area contributed by atoms with Gasteiger partial charge in [-0.25, -0.2) is 8.42 Å². The average Bonchev–Trinajstić information content (AvgIpc) is 2.63. The number of carbonyl (C=O) groups is 1. The van der Waals surface area contributed by atoms with Crippen molar-refractivity contribution in [1.29, 1.82) is 0 Å². The number of nitrogens with zero attached hydrogens (tertiary/aromatic N) is 1. The van der Waals surface area contributed by atoms with Crippen LogP contribution in [0.5, 0.6) is 0 Å². The maximum atomic E-state index is 11.2. The summed E-state index contributed by atoms with van der Waals surface area (Å²) in [6, 6.07) is 0. The summed E-state index contributed by atoms with van der Waals surface area (Å²) in [6.07, 6.45) is 0.626. The van der Waals surface area contributed by atoms with E-state index in [0.29, 0.717) is 26.1 Å². The van der Waals surface area contributed by atoms with Crippen molar-refractivity contribution in [3.8, 4) is 0 Å². The summed E-state index contributed by atoms with van der Waals surface area (Å²) in [5, 5.41) is 8.76. The Morgan fingerprint density at radius 1 is 1.53 bits per heavy atom. The molecule has 1 atom stereocenters. The van der Waals surface area contributed by atoms with E-state index in [1.807, 2.05) is 4.90 Å². The fraction of sp³-hybridized carbons (Fsp3) is 0.889. The molecule has 6 heteroatoms. The highest BCUT2D eigenvalue weighted by Crippen LogP contribution is 2.15. The van der Waals surface area contributed by atoms with Gasteiger partial charge < -0.3 is 10.0 Å². The van der Waals surface area contributed by atoms with Crippen molar-refractivity contribution < 1.29 is 18.3 Å². The molecule has 15 heavy (non-hydrogen) atoms. The smallest absolute Gasteiger partial charge is 0.307 e. The number of rotatable bonds is 5. The monoisotopic (exact) mass is 235 g/mol. The van der Waals surface area contributed by atoms with Crippen molar-refractivity contribution >= 4 is 15.8 Å². The Morgan fingerprint density at radius 2 is 2.20 bits per heavy atom. The lowest BCUT2D eigenvalue weighted by molar-refractivity contribution is -0.141. The third-order valence-electron chi connectivity index (χ3n) is 2.78. The van der Waals surface area contributed by atoms with Gasteiger partial charge in [-0.3, -0.25) is 4.79 Å². The molecule has 0 aromatic carbocycles. The molecule has 1 unspecified atom stereocenters. The van der Waals surface area contributed by atoms with Crippen LogP contribution in [0.25, 0.3) is 0 Å². The van der Waals surface area contributed by atoms with Gasteiger partial charge in [-0.2, -0.15) is 0 Å². The lowest BCUT2D eigenvalue weighted by Crippen LogP contribution is -2.29. The molecule has 1 rings (SSSR count). The van der Waals surface area contributed by atoms with Crippen LogP contribution >= 0.6 is 0 Å². The molecule has 0 aromatic heterocycles. The van der Waals surface area contributed by atoms with Gasteiger partial charge in [0.2, 0.25) is 0 Å². The summed E-state index contributed by atoms with van der Waals surface area (Å²) >= 11 is 0. The molecular weight excluding hydrogens is 218 g/mol. The van der Waals surface area contributed by atoms with Crippen LogP contribution in [-0.4, -0.2) is 55.5 Å². The summed E-state index contributed by atoms with van der Waals surface area (Å²) in [4.78, 5) is 12.6. The lowest BCUT2D eigenvalue weighted by Gasteiger charge is -2.14. The fourth-order valence-corrected chi connectivity index (χ4v) is 2.47. The van der Waals surface area contributed by atoms with Crippen molar-refractivity contribution in [2.24, 2.45) is 5.92 Å². The van der Waals surface area contributed by atoms with E-state index < -0.39 is 15.8 Å². The Morgan fingerprint density at radius 3 is 2.67 bits per heavy atom. The number of carboxylic acids is 1. The van der Waals surface area contributed by atoms with E-state index in [4.69, 9.17) is 5.11 Å². The molecule has 88 valence electrons. The molecule has 1 saturated heterocycles. The molecule has 0 radical (unpaired) electrons. The largest absolute Gasteiger partial charge is 0.481 e. The number of carboxylic acid groups (broad SMARTS) is 1. The summed E-state index contributed by atoms with van der Waals surface area (Å²) in [5.74, 6) is -0.816. The average molecular weight is 235 g/mol. The van der Waals surface area contributed by atoms with Crippen LogP contribution in [-0.2, 0) is 14.6 Å². The molecule has 0 saturated carbocycles. The zero-order valence-corrected chi connectivity index (χ0v) is 9.66. The number of hydrogen-bond acceptors (Lipinski definition) is 4. The quantitative estimate of drug-likeness (QED) is 0.716. The fourth-order valence-electron chi connectivity index (χ4n) is 1.65. The van der Waals surface area contributed by atoms with Crippen molar-refractivity contribution in [3.63, 3.8) is 0 Å². The molecule has 0 spiro atoms. The Hall–Kier alpha value is -0.620. The Labute approximate surface area is 90.0 Å². The Kier molecular flexibility index (Phi) is 4.10. The SMILES string of the molecule is CCS(=O)(=O)CCN1CCC(C(=O)O)C1. The van der Waals surface area contributed by atoms with E-state index in [1.165, 1.54) is 0 Å². The molecule has 1 aliphatic heterocycles. The Balaban J connectivity index is 2.34. The summed E-state index contributed by atoms with van der Waals surface area (Å²) < 4.78 is 22.5. The van der Waals surface area contributed by atoms with Crippen LogP contribution in [0.15, 0.2) is 0 Å². The summed E-state index contributed by atoms with van der Waals surface area (Å²) in [7, 11) is -2.93. The second-order valence-electron chi connectivity index (χ2n) is 3.86. The van der Waals surface area contributed by atoms with Gasteiger partial charge in [-0.05, 0) is 13.0 Å². The van der Waals surface area contributed by atoms with Crippen LogP contribution in [0.2, 0.25) is 0 Å². The topological polar surface area (TPSA) is 74.7 Å². The highest BCUT2D eigenvalue weighted by molar-refractivity contribution is 7.91. The Bertz CT molecular complexity index is 325. The molecule has 0 aliphatic carbocycles. The van der Waals surface area contributed by atoms with E-state index >= 15 is 0 Å². The van der Waals surface area contributed by atoms with E-state index in [2.05, 4.69) is 0 Å². The van der Waals surface area contributed by atoms with Crippen molar-refractivity contribution in [1.82, 2.24) is 4.90 Å². The number of hydrogen-bond donors (Lipinski definition) is 1. The molecule has 0 aromatic rings. The maximum absolute atomic E-state index is 11.2. The first-order valence-corrected chi connectivity index (χ1v) is 6.92. The van der Waals surface area contributed by atoms with Gasteiger partial charge in [0.25, 0.3) is 0 Å². The molecule has 0 bridgehead atoms. The first kappa shape index (κ1) is 12.4. The second kappa shape index (κ2) is 4.94. The van der Waals surface area contributed by atoms with E-state index in [9.17, 15) is 13.2 Å². The molecule has 1 N–H and O–H groups in total. The van der Waals surface area contributed by atoms with Crippen LogP contribution in [0.3, 0.4) is 0 Å². The number of sulfone groups is 1. The van der Waals surface area contributed by atoms with E-state index in [-0.39, 0.29) is 17.4 Å². The van der Waals surface area contributed by atoms with Gasteiger partial charge in [-0.1, -0.05) is 6.92 Å². The standard InChI is InChI=1S/C9H17NO4S/c1-2-15(13,14)6-5-10-4-3-8(7-10)9(11)12/h8H,2-7H2,1H3,(H,11,12). The second-order valence-corrected chi connectivity index (χ2v) is 6.33. The van der Waals surface area contributed by atoms with Crippen molar-refractivity contribution in [3.05, 3.63) is 0 Å². The molecule has 1 heterocycles. The predicted molar refractivity (Wildman–Crippen MR) is 56.5 cm³/mol. The zero-order valence-electron chi connectivity index (χ0n) is 8.85. The molecular formula is C9H17NO4S. The third-order valence-corrected chi connectivity index (χ3v) is 4.46. The van der Waals surface area contributed by atoms with Gasteiger partial charge in [0, 0.05) is 18.8 Å². The van der Waals surface area contributed by atoms with E-state index in [1.54, 1.807) is 6.92 Å². The lowest BCUT2D eigenvalue weighted by atomic mass is 10.1. The first-order chi connectivity index (χ1) is 6.94. The minimum atomic E-state index is -2.93. The number of likely N-dealkylation sites (tertiary alicyclic amines) is 1. The normalized spacial score (nSPS) is 23.1. The highest BCUT2D eigenvalue weighted by atomic mass is 32.2. The molecule has 1 aliphatic rings. The number of aliphatic carboxylic acids is 1. The summed E-state index contributed by atoms with van der Waals surface area (Å²) in [6.45, 7) is 3.25. The van der Waals surface area contributed by atoms with Crippen molar-refractivity contribution in [2.45, 2.75) is 13.3 Å². The zero-order chi connectivity index (χ0) is 11.5. The first-order valence-electron chi connectivity index (χ1n) is 5.10. The van der Waals surface area contributed by atoms with Gasteiger partial charge in [0.15, 0.2) is 9.84 Å². The minimum Gasteiger partial charge on any atom is -0.481 e. The summed E-state index contributed by atoms with van der Waals surface area (Å²) in [5.41, 5.74) is 0. The maximum Gasteiger partial charge on any atom is 0.307 e. The van der Waals surface area contributed by atoms with Crippen LogP contribution in [0, 0.1) is 5.92 Å². The van der Waals surface area contributed by atoms with Crippen LogP contribution < -0.4 is 0 Å².